The minimum absolute atomic E-state index is 0.134. The topological polar surface area (TPSA) is 104 Å². The van der Waals surface area contributed by atoms with Crippen LogP contribution in [0.5, 0.6) is 0 Å². The first-order valence-corrected chi connectivity index (χ1v) is 7.43. The van der Waals surface area contributed by atoms with Crippen molar-refractivity contribution in [1.82, 2.24) is 9.97 Å². The normalized spacial score (nSPS) is 10.8. The van der Waals surface area contributed by atoms with Gasteiger partial charge in [-0.2, -0.15) is 4.98 Å². The molecule has 0 aliphatic rings. The zero-order valence-corrected chi connectivity index (χ0v) is 13.8. The van der Waals surface area contributed by atoms with E-state index in [1.807, 2.05) is 44.2 Å². The maximum atomic E-state index is 12.2. The molecule has 3 aromatic rings. The highest BCUT2D eigenvalue weighted by atomic mass is 16.5. The molecule has 4 N–H and O–H groups in total. The van der Waals surface area contributed by atoms with Crippen LogP contribution in [0.3, 0.4) is 0 Å². The van der Waals surface area contributed by atoms with Gasteiger partial charge in [-0.15, -0.1) is 0 Å². The molecule has 0 spiro atoms. The first-order valence-electron chi connectivity index (χ1n) is 7.43. The molecule has 0 radical (unpaired) electrons. The van der Waals surface area contributed by atoms with Gasteiger partial charge in [0.05, 0.1) is 18.2 Å². The van der Waals surface area contributed by atoms with E-state index in [1.54, 1.807) is 0 Å². The first-order chi connectivity index (χ1) is 11.4. The number of aryl methyl sites for hydroxylation is 2. The maximum Gasteiger partial charge on any atom is 0.338 e. The Morgan fingerprint density at radius 2 is 1.83 bits per heavy atom. The molecule has 1 aromatic heterocycles. The molecular weight excluding hydrogens is 304 g/mol. The van der Waals surface area contributed by atoms with Gasteiger partial charge in [-0.05, 0) is 54.3 Å². The zero-order valence-electron chi connectivity index (χ0n) is 13.8. The average Bonchev–Trinajstić information content (AvgIpc) is 2.53. The summed E-state index contributed by atoms with van der Waals surface area (Å²) in [5.41, 5.74) is 16.4. The Morgan fingerprint density at radius 3 is 2.54 bits per heavy atom. The van der Waals surface area contributed by atoms with Crippen molar-refractivity contribution in [2.75, 3.05) is 18.6 Å². The van der Waals surface area contributed by atoms with Crippen LogP contribution in [0.15, 0.2) is 30.3 Å². The molecule has 6 nitrogen and oxygen atoms in total. The maximum absolute atomic E-state index is 12.2. The van der Waals surface area contributed by atoms with E-state index in [2.05, 4.69) is 9.97 Å². The summed E-state index contributed by atoms with van der Waals surface area (Å²) in [6.45, 7) is 3.90. The van der Waals surface area contributed by atoms with E-state index in [-0.39, 0.29) is 11.9 Å². The molecule has 0 atom stereocenters. The number of anilines is 2. The third kappa shape index (κ3) is 2.62. The standard InChI is InChI=1S/C18H18N4O2/c1-9-6-10(2)15(13(7-9)17(23)24-3)11-4-5-14-12(8-11)16(19)22-18(20)21-14/h4-8H,1-3H3,(H4,19,20,21,22). The van der Waals surface area contributed by atoms with E-state index in [4.69, 9.17) is 16.2 Å². The number of hydrogen-bond donors (Lipinski definition) is 2. The van der Waals surface area contributed by atoms with Crippen LogP contribution in [0.2, 0.25) is 0 Å². The van der Waals surface area contributed by atoms with Crippen molar-refractivity contribution in [3.05, 3.63) is 47.0 Å². The molecule has 3 rings (SSSR count). The quantitative estimate of drug-likeness (QED) is 0.703. The molecular formula is C18H18N4O2. The second-order valence-corrected chi connectivity index (χ2v) is 5.69. The summed E-state index contributed by atoms with van der Waals surface area (Å²) in [5.74, 6) is 0.0664. The monoisotopic (exact) mass is 322 g/mol. The number of nitrogen functional groups attached to an aromatic ring is 2. The molecule has 0 fully saturated rings. The highest BCUT2D eigenvalue weighted by Gasteiger charge is 2.17. The van der Waals surface area contributed by atoms with Crippen LogP contribution in [-0.4, -0.2) is 23.0 Å². The second kappa shape index (κ2) is 5.81. The summed E-state index contributed by atoms with van der Waals surface area (Å²) in [7, 11) is 1.37. The number of methoxy groups -OCH3 is 1. The Labute approximate surface area is 139 Å². The molecule has 122 valence electrons. The van der Waals surface area contributed by atoms with E-state index < -0.39 is 0 Å². The molecule has 2 aromatic carbocycles. The van der Waals surface area contributed by atoms with E-state index >= 15 is 0 Å². The predicted octanol–water partition coefficient (Wildman–Crippen LogP) is 2.86. The Bertz CT molecular complexity index is 967. The molecule has 0 saturated carbocycles. The minimum atomic E-state index is -0.376. The molecule has 0 aliphatic heterocycles. The summed E-state index contributed by atoms with van der Waals surface area (Å²) in [6, 6.07) is 9.42. The van der Waals surface area contributed by atoms with Crippen molar-refractivity contribution in [1.29, 1.82) is 0 Å². The van der Waals surface area contributed by atoms with Crippen LogP contribution in [0.25, 0.3) is 22.0 Å². The lowest BCUT2D eigenvalue weighted by molar-refractivity contribution is 0.0601. The summed E-state index contributed by atoms with van der Waals surface area (Å²) in [6.07, 6.45) is 0. The number of carbonyl (C=O) groups is 1. The molecule has 1 heterocycles. The van der Waals surface area contributed by atoms with E-state index in [0.29, 0.717) is 22.3 Å². The van der Waals surface area contributed by atoms with E-state index in [1.165, 1.54) is 7.11 Å². The van der Waals surface area contributed by atoms with Gasteiger partial charge < -0.3 is 16.2 Å². The fraction of sp³-hybridized carbons (Fsp3) is 0.167. The summed E-state index contributed by atoms with van der Waals surface area (Å²) < 4.78 is 4.93. The van der Waals surface area contributed by atoms with Crippen molar-refractivity contribution in [3.8, 4) is 11.1 Å². The van der Waals surface area contributed by atoms with E-state index in [0.717, 1.165) is 22.3 Å². The number of nitrogens with zero attached hydrogens (tertiary/aromatic N) is 2. The molecule has 0 unspecified atom stereocenters. The lowest BCUT2D eigenvalue weighted by Gasteiger charge is -2.14. The van der Waals surface area contributed by atoms with Crippen LogP contribution in [0.1, 0.15) is 21.5 Å². The molecule has 24 heavy (non-hydrogen) atoms. The number of carbonyl (C=O) groups excluding carboxylic acids is 1. The lowest BCUT2D eigenvalue weighted by atomic mass is 9.92. The molecule has 0 aliphatic carbocycles. The van der Waals surface area contributed by atoms with Gasteiger partial charge >= 0.3 is 5.97 Å². The predicted molar refractivity (Wildman–Crippen MR) is 94.6 cm³/mol. The summed E-state index contributed by atoms with van der Waals surface area (Å²) >= 11 is 0. The van der Waals surface area contributed by atoms with Gasteiger partial charge in [-0.1, -0.05) is 12.1 Å². The fourth-order valence-electron chi connectivity index (χ4n) is 2.95. The molecule has 0 saturated heterocycles. The first kappa shape index (κ1) is 15.7. The third-order valence-corrected chi connectivity index (χ3v) is 3.92. The SMILES string of the molecule is COC(=O)c1cc(C)cc(C)c1-c1ccc2nc(N)nc(N)c2c1. The number of aromatic nitrogens is 2. The molecule has 0 bridgehead atoms. The largest absolute Gasteiger partial charge is 0.465 e. The number of benzene rings is 2. The number of esters is 1. The van der Waals surface area contributed by atoms with Gasteiger partial charge in [0, 0.05) is 5.39 Å². The summed E-state index contributed by atoms with van der Waals surface area (Å²) in [5, 5.41) is 0.692. The van der Waals surface area contributed by atoms with Gasteiger partial charge in [-0.3, -0.25) is 0 Å². The Morgan fingerprint density at radius 1 is 1.08 bits per heavy atom. The van der Waals surface area contributed by atoms with Crippen molar-refractivity contribution in [2.45, 2.75) is 13.8 Å². The number of fused-ring (bicyclic) bond motifs is 1. The third-order valence-electron chi connectivity index (χ3n) is 3.92. The van der Waals surface area contributed by atoms with Crippen LogP contribution < -0.4 is 11.5 Å². The number of nitrogens with two attached hydrogens (primary N) is 2. The van der Waals surface area contributed by atoms with Gasteiger partial charge in [-0.25, -0.2) is 9.78 Å². The highest BCUT2D eigenvalue weighted by molar-refractivity contribution is 6.00. The molecule has 6 heteroatoms. The number of ether oxygens (including phenoxy) is 1. The summed E-state index contributed by atoms with van der Waals surface area (Å²) in [4.78, 5) is 20.4. The van der Waals surface area contributed by atoms with Crippen LogP contribution in [0.4, 0.5) is 11.8 Å². The van der Waals surface area contributed by atoms with Crippen LogP contribution >= 0.6 is 0 Å². The van der Waals surface area contributed by atoms with Gasteiger partial charge in [0.25, 0.3) is 0 Å². The smallest absolute Gasteiger partial charge is 0.338 e. The average molecular weight is 322 g/mol. The van der Waals surface area contributed by atoms with Crippen molar-refractivity contribution in [3.63, 3.8) is 0 Å². The Hall–Kier alpha value is -3.15. The van der Waals surface area contributed by atoms with Gasteiger partial charge in [0.1, 0.15) is 5.82 Å². The fourth-order valence-corrected chi connectivity index (χ4v) is 2.95. The molecule has 0 amide bonds. The van der Waals surface area contributed by atoms with Crippen LogP contribution in [-0.2, 0) is 4.74 Å². The lowest BCUT2D eigenvalue weighted by Crippen LogP contribution is -2.06. The minimum Gasteiger partial charge on any atom is -0.465 e. The Kier molecular flexibility index (Phi) is 3.81. The van der Waals surface area contributed by atoms with E-state index in [9.17, 15) is 4.79 Å². The zero-order chi connectivity index (χ0) is 17.4. The van der Waals surface area contributed by atoms with Crippen LogP contribution in [0, 0.1) is 13.8 Å². The number of rotatable bonds is 2. The van der Waals surface area contributed by atoms with Crippen molar-refractivity contribution >= 4 is 28.6 Å². The Balaban J connectivity index is 2.29. The highest BCUT2D eigenvalue weighted by Crippen LogP contribution is 2.32. The van der Waals surface area contributed by atoms with Crippen molar-refractivity contribution < 1.29 is 9.53 Å². The van der Waals surface area contributed by atoms with Crippen molar-refractivity contribution in [2.24, 2.45) is 0 Å². The van der Waals surface area contributed by atoms with Gasteiger partial charge in [0.15, 0.2) is 0 Å². The van der Waals surface area contributed by atoms with Gasteiger partial charge in [0.2, 0.25) is 5.95 Å². The second-order valence-electron chi connectivity index (χ2n) is 5.69. The number of hydrogen-bond acceptors (Lipinski definition) is 6.